The van der Waals surface area contributed by atoms with Crippen LogP contribution in [0.2, 0.25) is 0 Å². The fourth-order valence-electron chi connectivity index (χ4n) is 13.0. The normalized spacial score (nSPS) is 14.1. The lowest BCUT2D eigenvalue weighted by molar-refractivity contribution is 0.660. The topological polar surface area (TPSA) is 3.24 Å². The van der Waals surface area contributed by atoms with Crippen LogP contribution in [0.3, 0.4) is 0 Å². The smallest absolute Gasteiger partial charge is 0.0468 e. The summed E-state index contributed by atoms with van der Waals surface area (Å²) >= 11 is 1.87. The highest BCUT2D eigenvalue weighted by Crippen LogP contribution is 2.54. The molecule has 0 aliphatic heterocycles. The molecule has 0 spiro atoms. The van der Waals surface area contributed by atoms with Crippen LogP contribution in [0.5, 0.6) is 0 Å². The number of hydrogen-bond donors (Lipinski definition) is 0. The third kappa shape index (κ3) is 5.94. The molecule has 12 aromatic carbocycles. The molecule has 1 nitrogen and oxygen atoms in total. The van der Waals surface area contributed by atoms with Crippen molar-refractivity contribution in [3.05, 3.63) is 247 Å². The molecule has 0 unspecified atom stereocenters. The number of anilines is 3. The van der Waals surface area contributed by atoms with Gasteiger partial charge in [-0.25, -0.2) is 0 Å². The van der Waals surface area contributed by atoms with Gasteiger partial charge in [0, 0.05) is 48.1 Å². The molecule has 0 radical (unpaired) electrons. The van der Waals surface area contributed by atoms with E-state index in [1.807, 2.05) is 11.3 Å². The van der Waals surface area contributed by atoms with Crippen LogP contribution < -0.4 is 4.90 Å². The van der Waals surface area contributed by atoms with Crippen molar-refractivity contribution in [3.63, 3.8) is 0 Å². The van der Waals surface area contributed by atoms with E-state index in [0.29, 0.717) is 0 Å². The Labute approximate surface area is 423 Å². The minimum absolute atomic E-state index is 0.120. The summed E-state index contributed by atoms with van der Waals surface area (Å²) in [6, 6.07) is 85.0. The van der Waals surface area contributed by atoms with Gasteiger partial charge < -0.3 is 4.90 Å². The summed E-state index contributed by atoms with van der Waals surface area (Å²) in [5.74, 6) is 0. The number of nitrogens with zero attached hydrogens (tertiary/aromatic N) is 1. The molecule has 2 heteroatoms. The molecule has 0 saturated heterocycles. The fourth-order valence-corrected chi connectivity index (χ4v) is 14.1. The maximum Gasteiger partial charge on any atom is 0.0468 e. The molecule has 0 fully saturated rings. The van der Waals surface area contributed by atoms with Crippen LogP contribution >= 0.6 is 11.3 Å². The minimum atomic E-state index is -0.120. The van der Waals surface area contributed by atoms with Gasteiger partial charge in [0.15, 0.2) is 0 Å². The summed E-state index contributed by atoms with van der Waals surface area (Å²) in [7, 11) is 0. The van der Waals surface area contributed by atoms with Crippen molar-refractivity contribution in [1.29, 1.82) is 0 Å². The molecule has 1 aromatic heterocycles. The number of benzene rings is 12. The molecule has 2 aliphatic rings. The molecule has 72 heavy (non-hydrogen) atoms. The Kier molecular flexibility index (Phi) is 8.70. The second-order valence-corrected chi connectivity index (χ2v) is 22.3. The third-order valence-corrected chi connectivity index (χ3v) is 17.8. The maximum absolute atomic E-state index is 2.49. The van der Waals surface area contributed by atoms with E-state index in [-0.39, 0.29) is 10.8 Å². The van der Waals surface area contributed by atoms with E-state index >= 15 is 0 Å². The molecular formula is C70H49NS. The molecule has 0 amide bonds. The maximum atomic E-state index is 2.49. The highest BCUT2D eigenvalue weighted by Gasteiger charge is 2.38. The Morgan fingerprint density at radius 3 is 1.32 bits per heavy atom. The Hall–Kier alpha value is -8.30. The van der Waals surface area contributed by atoms with E-state index in [4.69, 9.17) is 0 Å². The van der Waals surface area contributed by atoms with Crippen molar-refractivity contribution in [2.75, 3.05) is 4.90 Å². The van der Waals surface area contributed by atoms with Gasteiger partial charge in [0.1, 0.15) is 0 Å². The summed E-state index contributed by atoms with van der Waals surface area (Å²) in [5.41, 5.74) is 19.1. The number of hydrogen-bond acceptors (Lipinski definition) is 2. The molecule has 13 aromatic rings. The van der Waals surface area contributed by atoms with E-state index < -0.39 is 0 Å². The zero-order valence-corrected chi connectivity index (χ0v) is 41.5. The lowest BCUT2D eigenvalue weighted by Crippen LogP contribution is -2.18. The minimum Gasteiger partial charge on any atom is -0.310 e. The average Bonchev–Trinajstić information content (AvgIpc) is 3.99. The van der Waals surface area contributed by atoms with Gasteiger partial charge >= 0.3 is 0 Å². The molecule has 340 valence electrons. The van der Waals surface area contributed by atoms with Crippen LogP contribution in [0.1, 0.15) is 49.9 Å². The van der Waals surface area contributed by atoms with Crippen molar-refractivity contribution >= 4 is 91.7 Å². The molecule has 0 saturated carbocycles. The second kappa shape index (κ2) is 15.1. The zero-order valence-electron chi connectivity index (χ0n) is 40.7. The standard InChI is InChI=1S/C70H49NS/c1-69(2)63-22-12-9-19-53(63)55-32-30-47(38-65(55)69)71(48-31-33-56-54-20-10-13-23-64(54)70(3,4)66(56)39-48)46-29-27-42-35-44(26-25-43(42)36-46)58-40-60-52-18-8-6-16-50(52)59(41-61(60)51-17-7-5-15-49(51)58)45-28-34-68-62(37-45)57-21-11-14-24-67(57)72-68/h5-41H,1-4H3. The van der Waals surface area contributed by atoms with E-state index in [9.17, 15) is 0 Å². The quantitative estimate of drug-likeness (QED) is 0.155. The Bertz CT molecular complexity index is 4360. The zero-order chi connectivity index (χ0) is 48.0. The molecule has 2 aliphatic carbocycles. The van der Waals surface area contributed by atoms with Crippen LogP contribution in [0, 0.1) is 0 Å². The van der Waals surface area contributed by atoms with Gasteiger partial charge in [-0.05, 0) is 183 Å². The van der Waals surface area contributed by atoms with Gasteiger partial charge in [0.25, 0.3) is 0 Å². The Morgan fingerprint density at radius 2 is 0.708 bits per heavy atom. The highest BCUT2D eigenvalue weighted by atomic mass is 32.1. The van der Waals surface area contributed by atoms with Crippen LogP contribution in [-0.2, 0) is 10.8 Å². The van der Waals surface area contributed by atoms with Gasteiger partial charge in [-0.3, -0.25) is 0 Å². The van der Waals surface area contributed by atoms with E-state index in [1.165, 1.54) is 130 Å². The van der Waals surface area contributed by atoms with Crippen LogP contribution in [-0.4, -0.2) is 0 Å². The number of fused-ring (bicyclic) bond motifs is 15. The predicted molar refractivity (Wildman–Crippen MR) is 310 cm³/mol. The largest absolute Gasteiger partial charge is 0.310 e. The Morgan fingerprint density at radius 1 is 0.278 bits per heavy atom. The van der Waals surface area contributed by atoms with Gasteiger partial charge in [-0.1, -0.05) is 179 Å². The SMILES string of the molecule is CC1(C)c2ccccc2-c2ccc(N(c3ccc4c(c3)C(C)(C)c3ccccc3-4)c3ccc4cc(-c5cc6c7ccccc7c(-c7ccc8sc9ccccc9c8c7)cc6c6ccccc56)ccc4c3)cc21. The van der Waals surface area contributed by atoms with E-state index in [2.05, 4.69) is 257 Å². The first-order valence-electron chi connectivity index (χ1n) is 25.3. The Balaban J connectivity index is 0.872. The van der Waals surface area contributed by atoms with Gasteiger partial charge in [-0.15, -0.1) is 11.3 Å². The monoisotopic (exact) mass is 935 g/mol. The van der Waals surface area contributed by atoms with Crippen LogP contribution in [0.15, 0.2) is 224 Å². The van der Waals surface area contributed by atoms with Crippen molar-refractivity contribution in [2.24, 2.45) is 0 Å². The van der Waals surface area contributed by atoms with Gasteiger partial charge in [-0.2, -0.15) is 0 Å². The first-order valence-corrected chi connectivity index (χ1v) is 26.1. The fraction of sp³-hybridized carbons (Fsp3) is 0.0857. The lowest BCUT2D eigenvalue weighted by Gasteiger charge is -2.30. The van der Waals surface area contributed by atoms with Crippen molar-refractivity contribution < 1.29 is 0 Å². The summed E-state index contributed by atoms with van der Waals surface area (Å²) in [6.45, 7) is 9.50. The summed E-state index contributed by atoms with van der Waals surface area (Å²) in [4.78, 5) is 2.49. The molecule has 1 heterocycles. The van der Waals surface area contributed by atoms with Crippen molar-refractivity contribution in [1.82, 2.24) is 0 Å². The molecule has 15 rings (SSSR count). The highest BCUT2D eigenvalue weighted by molar-refractivity contribution is 7.25. The average molecular weight is 936 g/mol. The van der Waals surface area contributed by atoms with Crippen LogP contribution in [0.4, 0.5) is 17.1 Å². The van der Waals surface area contributed by atoms with Crippen LogP contribution in [0.25, 0.3) is 108 Å². The summed E-state index contributed by atoms with van der Waals surface area (Å²) in [6.07, 6.45) is 0. The lowest BCUT2D eigenvalue weighted by atomic mass is 9.82. The van der Waals surface area contributed by atoms with E-state index in [0.717, 1.165) is 17.1 Å². The number of rotatable bonds is 5. The summed E-state index contributed by atoms with van der Waals surface area (Å²) in [5, 5.41) is 12.7. The molecule has 0 atom stereocenters. The van der Waals surface area contributed by atoms with Gasteiger partial charge in [0.05, 0.1) is 0 Å². The molecular weight excluding hydrogens is 887 g/mol. The molecule has 0 N–H and O–H groups in total. The summed E-state index contributed by atoms with van der Waals surface area (Å²) < 4.78 is 2.66. The van der Waals surface area contributed by atoms with Gasteiger partial charge in [0.2, 0.25) is 0 Å². The predicted octanol–water partition coefficient (Wildman–Crippen LogP) is 20.1. The third-order valence-electron chi connectivity index (χ3n) is 16.6. The first-order chi connectivity index (χ1) is 35.2. The second-order valence-electron chi connectivity index (χ2n) is 21.2. The van der Waals surface area contributed by atoms with E-state index in [1.54, 1.807) is 0 Å². The number of thiophene rings is 1. The van der Waals surface area contributed by atoms with Crippen molar-refractivity contribution in [3.8, 4) is 44.5 Å². The molecule has 0 bridgehead atoms. The van der Waals surface area contributed by atoms with Crippen molar-refractivity contribution in [2.45, 2.75) is 38.5 Å². The first kappa shape index (κ1) is 41.5.